The van der Waals surface area contributed by atoms with Crippen molar-refractivity contribution in [3.8, 4) is 16.9 Å². The number of hydrogen-bond donors (Lipinski definition) is 2. The van der Waals surface area contributed by atoms with Crippen LogP contribution in [0.15, 0.2) is 12.1 Å². The molecule has 6 heteroatoms. The maximum atomic E-state index is 14.1. The zero-order chi connectivity index (χ0) is 14.0. The lowest BCUT2D eigenvalue weighted by Gasteiger charge is -2.08. The van der Waals surface area contributed by atoms with Gasteiger partial charge < -0.3 is 10.1 Å². The first-order valence-corrected chi connectivity index (χ1v) is 5.80. The van der Waals surface area contributed by atoms with E-state index in [9.17, 15) is 8.78 Å². The lowest BCUT2D eigenvalue weighted by molar-refractivity contribution is 0.383. The molecule has 0 aliphatic rings. The number of nitrogens with one attached hydrogen (secondary N) is 2. The molecule has 0 aliphatic heterocycles. The fraction of sp³-hybridized carbons (Fsp3) is 0.308. The Bertz CT molecular complexity index is 596. The molecule has 0 saturated carbocycles. The predicted octanol–water partition coefficient (Wildman–Crippen LogP) is 2.39. The smallest absolute Gasteiger partial charge is 0.165 e. The lowest BCUT2D eigenvalue weighted by Crippen LogP contribution is -2.07. The van der Waals surface area contributed by atoms with E-state index in [1.165, 1.54) is 7.11 Å². The van der Waals surface area contributed by atoms with Gasteiger partial charge in [-0.3, -0.25) is 5.10 Å². The molecule has 2 aromatic rings. The van der Waals surface area contributed by atoms with Crippen LogP contribution in [0.25, 0.3) is 11.1 Å². The van der Waals surface area contributed by atoms with Gasteiger partial charge in [-0.25, -0.2) is 8.78 Å². The Balaban J connectivity index is 2.59. The number of nitrogens with zero attached hydrogens (tertiary/aromatic N) is 1. The minimum atomic E-state index is -0.602. The van der Waals surface area contributed by atoms with Gasteiger partial charge in [-0.2, -0.15) is 5.10 Å². The lowest BCUT2D eigenvalue weighted by atomic mass is 10.0. The number of benzene rings is 1. The summed E-state index contributed by atoms with van der Waals surface area (Å²) in [6.45, 7) is 2.23. The van der Waals surface area contributed by atoms with E-state index < -0.39 is 11.6 Å². The van der Waals surface area contributed by atoms with Gasteiger partial charge in [0.15, 0.2) is 11.6 Å². The first-order chi connectivity index (χ1) is 9.08. The fourth-order valence-corrected chi connectivity index (χ4v) is 2.01. The average Bonchev–Trinajstić information content (AvgIpc) is 2.73. The van der Waals surface area contributed by atoms with Crippen LogP contribution in [-0.4, -0.2) is 24.4 Å². The van der Waals surface area contributed by atoms with Crippen LogP contribution >= 0.6 is 0 Å². The number of rotatable bonds is 4. The summed E-state index contributed by atoms with van der Waals surface area (Å²) in [5.74, 6) is -1.26. The molecule has 0 bridgehead atoms. The summed E-state index contributed by atoms with van der Waals surface area (Å²) in [5.41, 5.74) is 2.08. The first kappa shape index (κ1) is 13.5. The molecule has 4 nitrogen and oxygen atoms in total. The van der Waals surface area contributed by atoms with Crippen molar-refractivity contribution in [3.05, 3.63) is 35.2 Å². The van der Waals surface area contributed by atoms with E-state index in [4.69, 9.17) is 4.74 Å². The predicted molar refractivity (Wildman–Crippen MR) is 68.0 cm³/mol. The third-order valence-electron chi connectivity index (χ3n) is 2.88. The minimum Gasteiger partial charge on any atom is -0.494 e. The Labute approximate surface area is 109 Å². The Kier molecular flexibility index (Phi) is 3.80. The van der Waals surface area contributed by atoms with Gasteiger partial charge in [0.2, 0.25) is 0 Å². The fourth-order valence-electron chi connectivity index (χ4n) is 2.01. The molecule has 0 radical (unpaired) electrons. The summed E-state index contributed by atoms with van der Waals surface area (Å²) in [4.78, 5) is 0. The van der Waals surface area contributed by atoms with E-state index >= 15 is 0 Å². The van der Waals surface area contributed by atoms with Crippen molar-refractivity contribution in [2.24, 2.45) is 0 Å². The normalized spacial score (nSPS) is 10.8. The summed E-state index contributed by atoms with van der Waals surface area (Å²) >= 11 is 0. The van der Waals surface area contributed by atoms with Crippen molar-refractivity contribution in [3.63, 3.8) is 0 Å². The third kappa shape index (κ3) is 2.44. The summed E-state index contributed by atoms with van der Waals surface area (Å²) in [5, 5.41) is 9.81. The number of H-pyrrole nitrogens is 1. The number of ether oxygens (including phenoxy) is 1. The van der Waals surface area contributed by atoms with E-state index in [-0.39, 0.29) is 11.3 Å². The van der Waals surface area contributed by atoms with Gasteiger partial charge in [-0.1, -0.05) is 0 Å². The Morgan fingerprint density at radius 1 is 1.32 bits per heavy atom. The molecular formula is C13H15F2N3O. The van der Waals surface area contributed by atoms with Crippen LogP contribution in [0.5, 0.6) is 5.75 Å². The van der Waals surface area contributed by atoms with Gasteiger partial charge in [0, 0.05) is 29.4 Å². The van der Waals surface area contributed by atoms with Gasteiger partial charge in [0.25, 0.3) is 0 Å². The number of aryl methyl sites for hydroxylation is 1. The van der Waals surface area contributed by atoms with E-state index in [0.717, 1.165) is 12.1 Å². The second-order valence-corrected chi connectivity index (χ2v) is 4.17. The molecule has 0 atom stereocenters. The van der Waals surface area contributed by atoms with E-state index in [1.54, 1.807) is 14.0 Å². The van der Waals surface area contributed by atoms with Crippen LogP contribution in [0.2, 0.25) is 0 Å². The molecule has 1 aromatic heterocycles. The summed E-state index contributed by atoms with van der Waals surface area (Å²) in [7, 11) is 3.06. The highest BCUT2D eigenvalue weighted by Gasteiger charge is 2.18. The van der Waals surface area contributed by atoms with Crippen LogP contribution in [-0.2, 0) is 6.54 Å². The SMILES string of the molecule is CNCc1n[nH]c(C)c1-c1cc(F)c(OC)cc1F. The molecule has 2 rings (SSSR count). The minimum absolute atomic E-state index is 0.113. The Morgan fingerprint density at radius 2 is 2.05 bits per heavy atom. The number of aromatic amines is 1. The average molecular weight is 267 g/mol. The summed E-state index contributed by atoms with van der Waals surface area (Å²) < 4.78 is 32.6. The van der Waals surface area contributed by atoms with Crippen molar-refractivity contribution < 1.29 is 13.5 Å². The van der Waals surface area contributed by atoms with Crippen molar-refractivity contribution in [1.29, 1.82) is 0 Å². The van der Waals surface area contributed by atoms with Gasteiger partial charge in [0.05, 0.1) is 12.8 Å². The molecule has 0 amide bonds. The zero-order valence-corrected chi connectivity index (χ0v) is 11.0. The van der Waals surface area contributed by atoms with Crippen molar-refractivity contribution in [1.82, 2.24) is 15.5 Å². The topological polar surface area (TPSA) is 49.9 Å². The van der Waals surface area contributed by atoms with E-state index in [0.29, 0.717) is 23.5 Å². The zero-order valence-electron chi connectivity index (χ0n) is 11.0. The monoisotopic (exact) mass is 267 g/mol. The van der Waals surface area contributed by atoms with Crippen molar-refractivity contribution in [2.45, 2.75) is 13.5 Å². The van der Waals surface area contributed by atoms with Crippen LogP contribution in [0.1, 0.15) is 11.4 Å². The van der Waals surface area contributed by atoms with Crippen LogP contribution < -0.4 is 10.1 Å². The Morgan fingerprint density at radius 3 is 2.68 bits per heavy atom. The number of aromatic nitrogens is 2. The summed E-state index contributed by atoms with van der Waals surface area (Å²) in [6.07, 6.45) is 0. The maximum absolute atomic E-state index is 14.1. The molecule has 2 N–H and O–H groups in total. The maximum Gasteiger partial charge on any atom is 0.165 e. The highest BCUT2D eigenvalue weighted by molar-refractivity contribution is 5.70. The van der Waals surface area contributed by atoms with Gasteiger partial charge in [0.1, 0.15) is 5.82 Å². The number of halogens is 2. The molecule has 102 valence electrons. The highest BCUT2D eigenvalue weighted by Crippen LogP contribution is 2.32. The second kappa shape index (κ2) is 5.36. The molecule has 0 aliphatic carbocycles. The van der Waals surface area contributed by atoms with Crippen LogP contribution in [0.4, 0.5) is 8.78 Å². The molecule has 1 heterocycles. The van der Waals surface area contributed by atoms with Gasteiger partial charge in [-0.05, 0) is 20.0 Å². The largest absolute Gasteiger partial charge is 0.494 e. The first-order valence-electron chi connectivity index (χ1n) is 5.80. The van der Waals surface area contributed by atoms with Gasteiger partial charge >= 0.3 is 0 Å². The molecule has 0 spiro atoms. The highest BCUT2D eigenvalue weighted by atomic mass is 19.1. The Hall–Kier alpha value is -1.95. The number of methoxy groups -OCH3 is 1. The van der Waals surface area contributed by atoms with Crippen LogP contribution in [0, 0.1) is 18.6 Å². The third-order valence-corrected chi connectivity index (χ3v) is 2.88. The second-order valence-electron chi connectivity index (χ2n) is 4.17. The standard InChI is InChI=1S/C13H15F2N3O/c1-7-13(11(6-16-2)18-17-7)8-4-10(15)12(19-3)5-9(8)14/h4-5,16H,6H2,1-3H3,(H,17,18). The quantitative estimate of drug-likeness (QED) is 0.894. The van der Waals surface area contributed by atoms with Gasteiger partial charge in [-0.15, -0.1) is 0 Å². The molecule has 0 saturated heterocycles. The molecular weight excluding hydrogens is 252 g/mol. The van der Waals surface area contributed by atoms with Crippen molar-refractivity contribution in [2.75, 3.05) is 14.2 Å². The summed E-state index contributed by atoms with van der Waals surface area (Å²) in [6, 6.07) is 2.17. The van der Waals surface area contributed by atoms with E-state index in [2.05, 4.69) is 15.5 Å². The molecule has 19 heavy (non-hydrogen) atoms. The van der Waals surface area contributed by atoms with Crippen molar-refractivity contribution >= 4 is 0 Å². The number of hydrogen-bond acceptors (Lipinski definition) is 3. The van der Waals surface area contributed by atoms with Crippen LogP contribution in [0.3, 0.4) is 0 Å². The molecule has 0 unspecified atom stereocenters. The van der Waals surface area contributed by atoms with E-state index in [1.807, 2.05) is 0 Å². The molecule has 1 aromatic carbocycles. The molecule has 0 fully saturated rings.